The lowest BCUT2D eigenvalue weighted by Gasteiger charge is -2.23. The zero-order chi connectivity index (χ0) is 23.8. The van der Waals surface area contributed by atoms with Crippen molar-refractivity contribution in [3.63, 3.8) is 0 Å². The van der Waals surface area contributed by atoms with Crippen LogP contribution in [0.15, 0.2) is 109 Å². The van der Waals surface area contributed by atoms with Gasteiger partial charge in [-0.2, -0.15) is 0 Å². The minimum absolute atomic E-state index is 0.0703. The van der Waals surface area contributed by atoms with Crippen molar-refractivity contribution in [3.05, 3.63) is 132 Å². The Kier molecular flexibility index (Phi) is 5.15. The van der Waals surface area contributed by atoms with Gasteiger partial charge in [0.15, 0.2) is 0 Å². The first kappa shape index (κ1) is 20.9. The molecule has 0 fully saturated rings. The average molecular weight is 458 g/mol. The van der Waals surface area contributed by atoms with Crippen molar-refractivity contribution in [3.8, 4) is 0 Å². The molecule has 4 aromatic carbocycles. The summed E-state index contributed by atoms with van der Waals surface area (Å²) < 4.78 is 2.18. The second kappa shape index (κ2) is 8.61. The van der Waals surface area contributed by atoms with Gasteiger partial charge in [-0.15, -0.1) is 0 Å². The van der Waals surface area contributed by atoms with Gasteiger partial charge in [-0.05, 0) is 64.9 Å². The van der Waals surface area contributed by atoms with E-state index in [9.17, 15) is 9.59 Å². The molecule has 0 saturated carbocycles. The van der Waals surface area contributed by atoms with Crippen molar-refractivity contribution in [2.45, 2.75) is 13.1 Å². The molecule has 1 aliphatic rings. The lowest BCUT2D eigenvalue weighted by molar-refractivity contribution is 0.0984. The fraction of sp³-hybridized carbons (Fsp3) is 0.0667. The number of fused-ring (bicyclic) bond motifs is 3. The van der Waals surface area contributed by atoms with Crippen molar-refractivity contribution < 1.29 is 9.59 Å². The number of anilines is 2. The molecule has 0 saturated heterocycles. The molecule has 0 aliphatic carbocycles. The number of amides is 2. The van der Waals surface area contributed by atoms with Gasteiger partial charge in [0.2, 0.25) is 0 Å². The Morgan fingerprint density at radius 1 is 0.714 bits per heavy atom. The Morgan fingerprint density at radius 2 is 1.49 bits per heavy atom. The molecule has 35 heavy (non-hydrogen) atoms. The fourth-order valence-corrected chi connectivity index (χ4v) is 4.74. The van der Waals surface area contributed by atoms with Crippen LogP contribution >= 0.6 is 0 Å². The molecule has 5 heteroatoms. The van der Waals surface area contributed by atoms with Crippen LogP contribution in [-0.2, 0) is 13.1 Å². The van der Waals surface area contributed by atoms with E-state index < -0.39 is 0 Å². The van der Waals surface area contributed by atoms with E-state index in [0.29, 0.717) is 23.4 Å². The molecule has 0 unspecified atom stereocenters. The van der Waals surface area contributed by atoms with Gasteiger partial charge in [0, 0.05) is 40.9 Å². The van der Waals surface area contributed by atoms with Crippen LogP contribution in [0.3, 0.4) is 0 Å². The Bertz CT molecular complexity index is 1560. The number of carbonyl (C=O) groups is 2. The van der Waals surface area contributed by atoms with E-state index in [-0.39, 0.29) is 11.8 Å². The normalized spacial score (nSPS) is 12.5. The summed E-state index contributed by atoms with van der Waals surface area (Å²) in [5, 5.41) is 4.89. The lowest BCUT2D eigenvalue weighted by Crippen LogP contribution is -2.30. The molecule has 6 rings (SSSR count). The highest BCUT2D eigenvalue weighted by molar-refractivity contribution is 6.13. The molecule has 0 bridgehead atoms. The number of benzene rings is 4. The largest absolute Gasteiger partial charge is 0.345 e. The van der Waals surface area contributed by atoms with Crippen molar-refractivity contribution in [2.75, 3.05) is 10.2 Å². The van der Waals surface area contributed by atoms with Gasteiger partial charge >= 0.3 is 0 Å². The van der Waals surface area contributed by atoms with E-state index in [1.54, 1.807) is 24.3 Å². The first-order valence-electron chi connectivity index (χ1n) is 11.6. The molecule has 5 nitrogen and oxygen atoms in total. The molecular weight excluding hydrogens is 434 g/mol. The number of nitrogens with zero attached hydrogens (tertiary/aromatic N) is 2. The number of nitrogens with one attached hydrogen (secondary N) is 1. The molecule has 1 aliphatic heterocycles. The number of hydrogen-bond acceptors (Lipinski definition) is 2. The predicted molar refractivity (Wildman–Crippen MR) is 139 cm³/mol. The van der Waals surface area contributed by atoms with Gasteiger partial charge in [-0.1, -0.05) is 54.6 Å². The predicted octanol–water partition coefficient (Wildman–Crippen LogP) is 6.10. The highest BCUT2D eigenvalue weighted by Crippen LogP contribution is 2.29. The van der Waals surface area contributed by atoms with E-state index in [4.69, 9.17) is 0 Å². The Balaban J connectivity index is 1.25. The maximum absolute atomic E-state index is 13.6. The third-order valence-electron chi connectivity index (χ3n) is 6.54. The Morgan fingerprint density at radius 3 is 2.37 bits per heavy atom. The summed E-state index contributed by atoms with van der Waals surface area (Å²) in [6, 6.07) is 32.7. The Labute approximate surface area is 203 Å². The molecular formula is C30H23N3O2. The summed E-state index contributed by atoms with van der Waals surface area (Å²) in [5.74, 6) is -0.248. The minimum Gasteiger partial charge on any atom is -0.345 e. The van der Waals surface area contributed by atoms with E-state index in [0.717, 1.165) is 34.3 Å². The number of hydrogen-bond donors (Lipinski definition) is 1. The second-order valence-corrected chi connectivity index (χ2v) is 8.71. The topological polar surface area (TPSA) is 54.3 Å². The molecule has 0 atom stereocenters. The summed E-state index contributed by atoms with van der Waals surface area (Å²) in [5.41, 5.74) is 4.96. The third kappa shape index (κ3) is 3.87. The van der Waals surface area contributed by atoms with Crippen molar-refractivity contribution in [1.82, 2.24) is 4.57 Å². The van der Waals surface area contributed by atoms with Gasteiger partial charge in [0.25, 0.3) is 11.8 Å². The molecule has 5 aromatic rings. The first-order chi connectivity index (χ1) is 17.2. The van der Waals surface area contributed by atoms with Crippen molar-refractivity contribution >= 4 is 34.0 Å². The number of para-hydroxylation sites is 1. The van der Waals surface area contributed by atoms with Crippen molar-refractivity contribution in [1.29, 1.82) is 0 Å². The van der Waals surface area contributed by atoms with Crippen LogP contribution in [0.4, 0.5) is 11.4 Å². The second-order valence-electron chi connectivity index (χ2n) is 8.71. The van der Waals surface area contributed by atoms with Gasteiger partial charge in [0.1, 0.15) is 0 Å². The van der Waals surface area contributed by atoms with Crippen LogP contribution < -0.4 is 10.2 Å². The van der Waals surface area contributed by atoms with Gasteiger partial charge in [-0.25, -0.2) is 0 Å². The van der Waals surface area contributed by atoms with E-state index >= 15 is 0 Å². The van der Waals surface area contributed by atoms with E-state index in [1.807, 2.05) is 77.8 Å². The number of carbonyl (C=O) groups excluding carboxylic acids is 2. The molecule has 2 heterocycles. The van der Waals surface area contributed by atoms with Crippen molar-refractivity contribution in [2.24, 2.45) is 0 Å². The van der Waals surface area contributed by atoms with Crippen LogP contribution in [0, 0.1) is 0 Å². The summed E-state index contributed by atoms with van der Waals surface area (Å²) in [6.07, 6.45) is 2.05. The van der Waals surface area contributed by atoms with Gasteiger partial charge in [-0.3, -0.25) is 9.59 Å². The quantitative estimate of drug-likeness (QED) is 0.356. The number of rotatable bonds is 3. The molecule has 170 valence electrons. The average Bonchev–Trinajstić information content (AvgIpc) is 3.27. The Hall–Kier alpha value is -4.64. The first-order valence-corrected chi connectivity index (χ1v) is 11.6. The number of aromatic nitrogens is 1. The smallest absolute Gasteiger partial charge is 0.258 e. The van der Waals surface area contributed by atoms with Gasteiger partial charge in [0.05, 0.1) is 6.54 Å². The van der Waals surface area contributed by atoms with Crippen LogP contribution in [0.25, 0.3) is 10.8 Å². The monoisotopic (exact) mass is 457 g/mol. The molecule has 1 aromatic heterocycles. The third-order valence-corrected chi connectivity index (χ3v) is 6.54. The van der Waals surface area contributed by atoms with Crippen LogP contribution in [0.2, 0.25) is 0 Å². The lowest BCUT2D eigenvalue weighted by atomic mass is 10.0. The maximum atomic E-state index is 13.6. The maximum Gasteiger partial charge on any atom is 0.258 e. The van der Waals surface area contributed by atoms with E-state index in [2.05, 4.69) is 22.0 Å². The van der Waals surface area contributed by atoms with E-state index in [1.165, 1.54) is 0 Å². The molecule has 0 spiro atoms. The van der Waals surface area contributed by atoms with Gasteiger partial charge < -0.3 is 14.8 Å². The summed E-state index contributed by atoms with van der Waals surface area (Å²) in [7, 11) is 0. The zero-order valence-electron chi connectivity index (χ0n) is 19.0. The summed E-state index contributed by atoms with van der Waals surface area (Å²) in [6.45, 7) is 1.24. The molecule has 2 amide bonds. The SMILES string of the molecule is O=C(Nc1ccc(C(=O)N2Cc3cccn3Cc3ccccc32)cc1)c1cccc2ccccc12. The molecule has 1 N–H and O–H groups in total. The molecule has 0 radical (unpaired) electrons. The van der Waals surface area contributed by atoms with Crippen LogP contribution in [0.5, 0.6) is 0 Å². The zero-order valence-corrected chi connectivity index (χ0v) is 19.0. The van der Waals surface area contributed by atoms with Crippen LogP contribution in [-0.4, -0.2) is 16.4 Å². The highest BCUT2D eigenvalue weighted by atomic mass is 16.2. The minimum atomic E-state index is -0.178. The summed E-state index contributed by atoms with van der Waals surface area (Å²) in [4.78, 5) is 28.4. The van der Waals surface area contributed by atoms with Crippen LogP contribution in [0.1, 0.15) is 32.0 Å². The summed E-state index contributed by atoms with van der Waals surface area (Å²) >= 11 is 0. The highest BCUT2D eigenvalue weighted by Gasteiger charge is 2.24. The fourth-order valence-electron chi connectivity index (χ4n) is 4.74. The standard InChI is InChI=1S/C30H23N3O2/c34-29(27-12-5-9-21-7-1-3-11-26(21)27)31-24-16-14-22(15-17-24)30(35)33-20-25-10-6-18-32(25)19-23-8-2-4-13-28(23)33/h1-18H,19-20H2,(H,31,34).